The lowest BCUT2D eigenvalue weighted by molar-refractivity contribution is 0.0729. The maximum absolute atomic E-state index is 13.0. The van der Waals surface area contributed by atoms with Crippen LogP contribution < -0.4 is 0 Å². The molecule has 0 aliphatic carbocycles. The molecule has 25 heavy (non-hydrogen) atoms. The highest BCUT2D eigenvalue weighted by Crippen LogP contribution is 2.32. The minimum Gasteiger partial charge on any atom is -0.330 e. The summed E-state index contributed by atoms with van der Waals surface area (Å²) in [5.74, 6) is -0.385. The molecule has 0 saturated carbocycles. The van der Waals surface area contributed by atoms with Gasteiger partial charge in [-0.25, -0.2) is 9.07 Å². The summed E-state index contributed by atoms with van der Waals surface area (Å²) >= 11 is 0. The molecule has 0 bridgehead atoms. The number of benzene rings is 1. The van der Waals surface area contributed by atoms with Gasteiger partial charge in [-0.15, -0.1) is 0 Å². The average molecular weight is 336 g/mol. The van der Waals surface area contributed by atoms with Crippen molar-refractivity contribution in [3.8, 4) is 5.69 Å². The van der Waals surface area contributed by atoms with Crippen LogP contribution in [0.2, 0.25) is 0 Å². The van der Waals surface area contributed by atoms with Crippen molar-refractivity contribution in [3.05, 3.63) is 78.1 Å². The van der Waals surface area contributed by atoms with Gasteiger partial charge in [-0.2, -0.15) is 5.10 Å². The van der Waals surface area contributed by atoms with Gasteiger partial charge in [0.05, 0.1) is 11.7 Å². The average Bonchev–Trinajstić information content (AvgIpc) is 3.32. The predicted molar refractivity (Wildman–Crippen MR) is 90.8 cm³/mol. The monoisotopic (exact) mass is 336 g/mol. The van der Waals surface area contributed by atoms with Crippen molar-refractivity contribution in [2.45, 2.75) is 18.9 Å². The molecule has 1 aliphatic rings. The molecule has 0 N–H and O–H groups in total. The van der Waals surface area contributed by atoms with Crippen LogP contribution in [0.4, 0.5) is 4.39 Å². The van der Waals surface area contributed by atoms with Crippen LogP contribution in [-0.4, -0.2) is 32.1 Å². The van der Waals surface area contributed by atoms with Crippen molar-refractivity contribution < 1.29 is 9.18 Å². The molecule has 1 aromatic carbocycles. The number of hydrogen-bond acceptors (Lipinski definition) is 3. The Morgan fingerprint density at radius 2 is 1.84 bits per heavy atom. The predicted octanol–water partition coefficient (Wildman–Crippen LogP) is 3.38. The summed E-state index contributed by atoms with van der Waals surface area (Å²) in [7, 11) is 0. The molecule has 2 aromatic heterocycles. The van der Waals surface area contributed by atoms with E-state index in [1.165, 1.54) is 12.1 Å². The van der Waals surface area contributed by atoms with E-state index in [0.717, 1.165) is 24.9 Å². The van der Waals surface area contributed by atoms with Crippen LogP contribution in [-0.2, 0) is 0 Å². The largest absolute Gasteiger partial charge is 0.330 e. The third-order valence-electron chi connectivity index (χ3n) is 4.50. The summed E-state index contributed by atoms with van der Waals surface area (Å²) in [5.41, 5.74) is 2.21. The molecule has 1 unspecified atom stereocenters. The molecule has 1 aliphatic heterocycles. The van der Waals surface area contributed by atoms with E-state index in [4.69, 9.17) is 0 Å². The molecule has 6 heteroatoms. The minimum absolute atomic E-state index is 0.0615. The number of carbonyl (C=O) groups excluding carboxylic acids is 1. The van der Waals surface area contributed by atoms with E-state index in [1.54, 1.807) is 41.5 Å². The molecule has 1 saturated heterocycles. The van der Waals surface area contributed by atoms with Gasteiger partial charge in [0.25, 0.3) is 5.91 Å². The quantitative estimate of drug-likeness (QED) is 0.737. The lowest BCUT2D eigenvalue weighted by atomic mass is 10.1. The molecule has 1 amide bonds. The first-order valence-corrected chi connectivity index (χ1v) is 8.25. The Hall–Kier alpha value is -3.02. The molecule has 0 spiro atoms. The number of amides is 1. The van der Waals surface area contributed by atoms with Gasteiger partial charge >= 0.3 is 0 Å². The first kappa shape index (κ1) is 15.5. The maximum atomic E-state index is 13.0. The summed E-state index contributed by atoms with van der Waals surface area (Å²) in [6.07, 6.45) is 7.13. The number of nitrogens with zero attached hydrogens (tertiary/aromatic N) is 4. The number of halogens is 1. The van der Waals surface area contributed by atoms with Crippen molar-refractivity contribution in [1.29, 1.82) is 0 Å². The van der Waals surface area contributed by atoms with Gasteiger partial charge in [-0.3, -0.25) is 9.78 Å². The van der Waals surface area contributed by atoms with Crippen molar-refractivity contribution >= 4 is 5.91 Å². The number of rotatable bonds is 3. The summed E-state index contributed by atoms with van der Waals surface area (Å²) < 4.78 is 14.6. The van der Waals surface area contributed by atoms with Gasteiger partial charge in [0.2, 0.25) is 0 Å². The number of carbonyl (C=O) groups is 1. The van der Waals surface area contributed by atoms with Crippen molar-refractivity contribution in [2.24, 2.45) is 0 Å². The van der Waals surface area contributed by atoms with Gasteiger partial charge in [0, 0.05) is 25.1 Å². The standard InChI is InChI=1S/C19H17FN4O/c20-15-3-5-16(6-4-15)24-13-9-17(22-24)19(25)23-12-1-2-18(23)14-7-10-21-11-8-14/h3-11,13,18H,1-2,12H2. The van der Waals surface area contributed by atoms with E-state index in [-0.39, 0.29) is 17.8 Å². The Labute approximate surface area is 144 Å². The number of hydrogen-bond donors (Lipinski definition) is 0. The Bertz CT molecular complexity index is 876. The zero-order valence-corrected chi connectivity index (χ0v) is 13.5. The van der Waals surface area contributed by atoms with Gasteiger partial charge in [0.1, 0.15) is 5.82 Å². The summed E-state index contributed by atoms with van der Waals surface area (Å²) in [4.78, 5) is 18.8. The molecule has 3 heterocycles. The highest BCUT2D eigenvalue weighted by atomic mass is 19.1. The summed E-state index contributed by atoms with van der Waals surface area (Å²) in [5, 5.41) is 4.37. The summed E-state index contributed by atoms with van der Waals surface area (Å²) in [6, 6.07) is 11.7. The van der Waals surface area contributed by atoms with E-state index >= 15 is 0 Å². The van der Waals surface area contributed by atoms with E-state index in [9.17, 15) is 9.18 Å². The van der Waals surface area contributed by atoms with E-state index in [1.807, 2.05) is 17.0 Å². The topological polar surface area (TPSA) is 51.0 Å². The third-order valence-corrected chi connectivity index (χ3v) is 4.50. The first-order chi connectivity index (χ1) is 12.2. The minimum atomic E-state index is -0.301. The zero-order chi connectivity index (χ0) is 17.2. The van der Waals surface area contributed by atoms with Crippen LogP contribution >= 0.6 is 0 Å². The van der Waals surface area contributed by atoms with Crippen LogP contribution in [0.15, 0.2) is 61.1 Å². The van der Waals surface area contributed by atoms with Crippen LogP contribution in [0.1, 0.15) is 34.9 Å². The molecule has 4 rings (SSSR count). The smallest absolute Gasteiger partial charge is 0.274 e. The van der Waals surface area contributed by atoms with Crippen LogP contribution in [0, 0.1) is 5.82 Å². The maximum Gasteiger partial charge on any atom is 0.274 e. The van der Waals surface area contributed by atoms with Crippen molar-refractivity contribution in [3.63, 3.8) is 0 Å². The Morgan fingerprint density at radius 1 is 1.08 bits per heavy atom. The third kappa shape index (κ3) is 3.03. The molecule has 1 atom stereocenters. The second-order valence-electron chi connectivity index (χ2n) is 6.06. The van der Waals surface area contributed by atoms with Crippen molar-refractivity contribution in [2.75, 3.05) is 6.54 Å². The second kappa shape index (κ2) is 6.47. The van der Waals surface area contributed by atoms with Gasteiger partial charge in [-0.05, 0) is 60.9 Å². The number of aromatic nitrogens is 3. The second-order valence-corrected chi connectivity index (χ2v) is 6.06. The lowest BCUT2D eigenvalue weighted by Gasteiger charge is -2.24. The molecular formula is C19H17FN4O. The van der Waals surface area contributed by atoms with E-state index in [2.05, 4.69) is 10.1 Å². The molecule has 126 valence electrons. The van der Waals surface area contributed by atoms with Crippen molar-refractivity contribution in [1.82, 2.24) is 19.7 Å². The molecule has 5 nitrogen and oxygen atoms in total. The molecular weight excluding hydrogens is 319 g/mol. The van der Waals surface area contributed by atoms with Gasteiger partial charge in [0.15, 0.2) is 5.69 Å². The fourth-order valence-corrected chi connectivity index (χ4v) is 3.26. The van der Waals surface area contributed by atoms with Crippen LogP contribution in [0.25, 0.3) is 5.69 Å². The van der Waals surface area contributed by atoms with Crippen LogP contribution in [0.5, 0.6) is 0 Å². The Balaban J connectivity index is 1.58. The summed E-state index contributed by atoms with van der Waals surface area (Å²) in [6.45, 7) is 0.717. The van der Waals surface area contributed by atoms with E-state index < -0.39 is 0 Å². The van der Waals surface area contributed by atoms with Crippen LogP contribution in [0.3, 0.4) is 0 Å². The number of likely N-dealkylation sites (tertiary alicyclic amines) is 1. The zero-order valence-electron chi connectivity index (χ0n) is 13.5. The number of pyridine rings is 1. The fourth-order valence-electron chi connectivity index (χ4n) is 3.26. The Morgan fingerprint density at radius 3 is 2.60 bits per heavy atom. The molecule has 3 aromatic rings. The van der Waals surface area contributed by atoms with Gasteiger partial charge < -0.3 is 4.90 Å². The highest BCUT2D eigenvalue weighted by molar-refractivity contribution is 5.92. The van der Waals surface area contributed by atoms with E-state index in [0.29, 0.717) is 11.4 Å². The SMILES string of the molecule is O=C(c1ccn(-c2ccc(F)cc2)n1)N1CCCC1c1ccncc1. The molecule has 0 radical (unpaired) electrons. The highest BCUT2D eigenvalue weighted by Gasteiger charge is 2.31. The normalized spacial score (nSPS) is 17.0. The molecule has 1 fully saturated rings. The lowest BCUT2D eigenvalue weighted by Crippen LogP contribution is -2.31. The van der Waals surface area contributed by atoms with Gasteiger partial charge in [-0.1, -0.05) is 0 Å². The fraction of sp³-hybridized carbons (Fsp3) is 0.211. The Kier molecular flexibility index (Phi) is 4.01. The first-order valence-electron chi connectivity index (χ1n) is 8.25.